The number of likely N-dealkylation sites (tertiary alicyclic amines) is 1. The molecule has 34 heavy (non-hydrogen) atoms. The van der Waals surface area contributed by atoms with E-state index in [1.54, 1.807) is 32.6 Å². The number of carbonyl (C=O) groups is 3. The predicted octanol–water partition coefficient (Wildman–Crippen LogP) is 4.80. The Morgan fingerprint density at radius 3 is 2.26 bits per heavy atom. The second-order valence-electron chi connectivity index (χ2n) is 9.70. The number of carbonyl (C=O) groups excluding carboxylic acids is 3. The van der Waals surface area contributed by atoms with E-state index in [9.17, 15) is 14.4 Å². The van der Waals surface area contributed by atoms with Gasteiger partial charge in [-0.15, -0.1) is 0 Å². The van der Waals surface area contributed by atoms with Crippen LogP contribution in [-0.4, -0.2) is 47.5 Å². The highest BCUT2D eigenvalue weighted by atomic mass is 16.6. The zero-order valence-electron chi connectivity index (χ0n) is 20.6. The van der Waals surface area contributed by atoms with E-state index < -0.39 is 23.5 Å². The molecule has 3 rings (SSSR count). The third kappa shape index (κ3) is 6.92. The molecule has 1 heterocycles. The number of hydrogen-bond acceptors (Lipinski definition) is 5. The minimum atomic E-state index is -0.636. The van der Waals surface area contributed by atoms with E-state index in [0.29, 0.717) is 19.4 Å². The number of hydrogen-bond donors (Lipinski definition) is 0. The van der Waals surface area contributed by atoms with Crippen molar-refractivity contribution in [2.75, 3.05) is 13.2 Å². The second kappa shape index (κ2) is 11.3. The fraction of sp³-hybridized carbons (Fsp3) is 0.464. The molecule has 6 heteroatoms. The Kier molecular flexibility index (Phi) is 8.48. The molecule has 0 spiro atoms. The van der Waals surface area contributed by atoms with Gasteiger partial charge in [0.1, 0.15) is 11.6 Å². The summed E-state index contributed by atoms with van der Waals surface area (Å²) in [4.78, 5) is 40.2. The molecule has 2 aromatic rings. The van der Waals surface area contributed by atoms with E-state index in [2.05, 4.69) is 0 Å². The largest absolute Gasteiger partial charge is 0.464 e. The molecule has 1 fully saturated rings. The topological polar surface area (TPSA) is 72.9 Å². The fourth-order valence-electron chi connectivity index (χ4n) is 4.33. The number of benzene rings is 2. The van der Waals surface area contributed by atoms with Crippen molar-refractivity contribution in [3.8, 4) is 11.1 Å². The highest BCUT2D eigenvalue weighted by Crippen LogP contribution is 2.26. The van der Waals surface area contributed by atoms with Crippen molar-refractivity contribution in [1.29, 1.82) is 0 Å². The molecule has 1 unspecified atom stereocenters. The number of nitrogens with zero attached hydrogens (tertiary/aromatic N) is 1. The zero-order chi connectivity index (χ0) is 24.7. The highest BCUT2D eigenvalue weighted by molar-refractivity contribution is 5.89. The van der Waals surface area contributed by atoms with E-state index in [-0.39, 0.29) is 24.9 Å². The number of rotatable bonds is 8. The molecule has 0 saturated carbocycles. The molecular weight excluding hydrogens is 430 g/mol. The average Bonchev–Trinajstić information content (AvgIpc) is 3.28. The molecule has 0 aliphatic carbocycles. The van der Waals surface area contributed by atoms with Crippen LogP contribution in [0, 0.1) is 5.92 Å². The van der Waals surface area contributed by atoms with Gasteiger partial charge in [0.05, 0.1) is 18.9 Å². The van der Waals surface area contributed by atoms with Gasteiger partial charge in [0.2, 0.25) is 5.91 Å². The summed E-state index contributed by atoms with van der Waals surface area (Å²) in [5.74, 6) is -1.61. The average molecular weight is 466 g/mol. The van der Waals surface area contributed by atoms with Crippen molar-refractivity contribution in [3.63, 3.8) is 0 Å². The number of esters is 2. The van der Waals surface area contributed by atoms with Crippen LogP contribution in [0.25, 0.3) is 11.1 Å². The van der Waals surface area contributed by atoms with Crippen molar-refractivity contribution < 1.29 is 23.9 Å². The molecule has 6 nitrogen and oxygen atoms in total. The van der Waals surface area contributed by atoms with Crippen LogP contribution in [0.1, 0.15) is 52.5 Å². The number of amides is 1. The lowest BCUT2D eigenvalue weighted by atomic mass is 9.93. The summed E-state index contributed by atoms with van der Waals surface area (Å²) < 4.78 is 10.7. The SMILES string of the molecule is CCOC(=O)C1CCCN1C(=O)[C@@H](CC(=O)OC(C)(C)C)Cc1ccc(-c2ccccc2)cc1. The van der Waals surface area contributed by atoms with Gasteiger partial charge in [0.25, 0.3) is 0 Å². The first-order valence-corrected chi connectivity index (χ1v) is 12.0. The van der Waals surface area contributed by atoms with Crippen LogP contribution in [0.5, 0.6) is 0 Å². The second-order valence-corrected chi connectivity index (χ2v) is 9.70. The van der Waals surface area contributed by atoms with Gasteiger partial charge in [-0.2, -0.15) is 0 Å². The minimum absolute atomic E-state index is 0.0391. The Morgan fingerprint density at radius 2 is 1.65 bits per heavy atom. The first kappa shape index (κ1) is 25.5. The lowest BCUT2D eigenvalue weighted by molar-refractivity contribution is -0.159. The summed E-state index contributed by atoms with van der Waals surface area (Å²) in [6.45, 7) is 7.93. The molecule has 2 atom stereocenters. The molecule has 0 N–H and O–H groups in total. The summed E-state index contributed by atoms with van der Waals surface area (Å²) >= 11 is 0. The van der Waals surface area contributed by atoms with Crippen LogP contribution in [0.2, 0.25) is 0 Å². The van der Waals surface area contributed by atoms with Crippen molar-refractivity contribution in [1.82, 2.24) is 4.90 Å². The standard InChI is InChI=1S/C28H35NO5/c1-5-33-27(32)24-12-9-17-29(24)26(31)23(19-25(30)34-28(2,3)4)18-20-13-15-22(16-14-20)21-10-7-6-8-11-21/h6-8,10-11,13-16,23-24H,5,9,12,17-19H2,1-4H3/t23-,24?/m1/s1. The lowest BCUT2D eigenvalue weighted by Gasteiger charge is -2.28. The summed E-state index contributed by atoms with van der Waals surface area (Å²) in [7, 11) is 0. The van der Waals surface area contributed by atoms with Crippen LogP contribution in [0.15, 0.2) is 54.6 Å². The number of ether oxygens (including phenoxy) is 2. The molecule has 1 amide bonds. The van der Waals surface area contributed by atoms with E-state index in [4.69, 9.17) is 9.47 Å². The van der Waals surface area contributed by atoms with Gasteiger partial charge < -0.3 is 14.4 Å². The van der Waals surface area contributed by atoms with Crippen molar-refractivity contribution in [3.05, 3.63) is 60.2 Å². The Morgan fingerprint density at radius 1 is 1.00 bits per heavy atom. The van der Waals surface area contributed by atoms with Gasteiger partial charge in [-0.3, -0.25) is 9.59 Å². The Bertz CT molecular complexity index is 978. The van der Waals surface area contributed by atoms with Gasteiger partial charge in [-0.25, -0.2) is 4.79 Å². The molecule has 182 valence electrons. The van der Waals surface area contributed by atoms with E-state index in [1.165, 1.54) is 0 Å². The van der Waals surface area contributed by atoms with Gasteiger partial charge in [-0.1, -0.05) is 54.6 Å². The molecule has 0 aromatic heterocycles. The van der Waals surface area contributed by atoms with Gasteiger partial charge in [0, 0.05) is 6.54 Å². The smallest absolute Gasteiger partial charge is 0.328 e. The molecule has 0 bridgehead atoms. The van der Waals surface area contributed by atoms with Gasteiger partial charge in [0.15, 0.2) is 0 Å². The molecule has 1 saturated heterocycles. The summed E-state index contributed by atoms with van der Waals surface area (Å²) in [6.07, 6.45) is 1.66. The Labute approximate surface area is 202 Å². The van der Waals surface area contributed by atoms with E-state index >= 15 is 0 Å². The fourth-order valence-corrected chi connectivity index (χ4v) is 4.33. The monoisotopic (exact) mass is 465 g/mol. The molecule has 2 aromatic carbocycles. The van der Waals surface area contributed by atoms with E-state index in [1.807, 2.05) is 54.6 Å². The third-order valence-corrected chi connectivity index (χ3v) is 5.82. The summed E-state index contributed by atoms with van der Waals surface area (Å²) in [5.41, 5.74) is 2.52. The maximum absolute atomic E-state index is 13.6. The maximum Gasteiger partial charge on any atom is 0.328 e. The predicted molar refractivity (Wildman–Crippen MR) is 131 cm³/mol. The molecule has 0 radical (unpaired) electrons. The quantitative estimate of drug-likeness (QED) is 0.524. The molecule has 1 aliphatic rings. The normalized spacial score (nSPS) is 16.7. The van der Waals surface area contributed by atoms with Crippen LogP contribution in [0.4, 0.5) is 0 Å². The highest BCUT2D eigenvalue weighted by Gasteiger charge is 2.39. The van der Waals surface area contributed by atoms with Crippen molar-refractivity contribution in [2.45, 2.75) is 65.0 Å². The molecular formula is C28H35NO5. The Hall–Kier alpha value is -3.15. The lowest BCUT2D eigenvalue weighted by Crippen LogP contribution is -2.45. The van der Waals surface area contributed by atoms with Crippen molar-refractivity contribution in [2.24, 2.45) is 5.92 Å². The molecule has 1 aliphatic heterocycles. The van der Waals surface area contributed by atoms with Crippen LogP contribution >= 0.6 is 0 Å². The summed E-state index contributed by atoms with van der Waals surface area (Å²) in [5, 5.41) is 0. The van der Waals surface area contributed by atoms with Crippen LogP contribution in [0.3, 0.4) is 0 Å². The van der Waals surface area contributed by atoms with Crippen molar-refractivity contribution >= 4 is 17.8 Å². The third-order valence-electron chi connectivity index (χ3n) is 5.82. The van der Waals surface area contributed by atoms with Gasteiger partial charge >= 0.3 is 11.9 Å². The maximum atomic E-state index is 13.6. The Balaban J connectivity index is 1.79. The van der Waals surface area contributed by atoms with Crippen LogP contribution in [-0.2, 0) is 30.3 Å². The van der Waals surface area contributed by atoms with Gasteiger partial charge in [-0.05, 0) is 63.6 Å². The minimum Gasteiger partial charge on any atom is -0.464 e. The van der Waals surface area contributed by atoms with Crippen LogP contribution < -0.4 is 0 Å². The first-order chi connectivity index (χ1) is 16.2. The zero-order valence-corrected chi connectivity index (χ0v) is 20.6. The van der Waals surface area contributed by atoms with E-state index in [0.717, 1.165) is 23.1 Å². The first-order valence-electron chi connectivity index (χ1n) is 12.0. The summed E-state index contributed by atoms with van der Waals surface area (Å²) in [6, 6.07) is 17.5.